The van der Waals surface area contributed by atoms with Crippen molar-refractivity contribution >= 4 is 39.5 Å². The Labute approximate surface area is 594 Å². The molecule has 3 N–H and O–H groups in total. The SMILES string of the molecule is CCCCCCCCCCCCCCCCCCCCCC(=O)O[C@H](COC(=O)CCCCCCCCCCCCCCCC)COP(=O)(O)OC[C@@H](O)COP(=O)(O)OC[C@@H](COC(=O)CCCCCCCCCCCCCC)OC(=O)CCCCCCCCCCC(C)CC. The zero-order valence-electron chi connectivity index (χ0n) is 63.2. The van der Waals surface area contributed by atoms with Crippen molar-refractivity contribution in [1.82, 2.24) is 0 Å². The van der Waals surface area contributed by atoms with E-state index in [9.17, 15) is 43.2 Å². The Morgan fingerprint density at radius 2 is 0.495 bits per heavy atom. The summed E-state index contributed by atoms with van der Waals surface area (Å²) in [6, 6.07) is 0. The quantitative estimate of drug-likeness (QED) is 0.0222. The van der Waals surface area contributed by atoms with Crippen LogP contribution in [0, 0.1) is 5.92 Å². The van der Waals surface area contributed by atoms with Gasteiger partial charge in [-0.2, -0.15) is 0 Å². The fourth-order valence-corrected chi connectivity index (χ4v) is 13.6. The van der Waals surface area contributed by atoms with Crippen molar-refractivity contribution in [3.8, 4) is 0 Å². The van der Waals surface area contributed by atoms with E-state index >= 15 is 0 Å². The summed E-state index contributed by atoms with van der Waals surface area (Å²) in [6.07, 6.45) is 60.9. The Bertz CT molecular complexity index is 1860. The smallest absolute Gasteiger partial charge is 0.462 e. The summed E-state index contributed by atoms with van der Waals surface area (Å²) in [6.45, 7) is 7.31. The van der Waals surface area contributed by atoms with Crippen molar-refractivity contribution in [1.29, 1.82) is 0 Å². The summed E-state index contributed by atoms with van der Waals surface area (Å²) in [4.78, 5) is 72.9. The van der Waals surface area contributed by atoms with Crippen molar-refractivity contribution in [2.24, 2.45) is 5.92 Å². The minimum Gasteiger partial charge on any atom is -0.462 e. The number of phosphoric ester groups is 2. The number of aliphatic hydroxyl groups excluding tert-OH is 1. The fraction of sp³-hybridized carbons (Fsp3) is 0.949. The molecule has 19 heteroatoms. The van der Waals surface area contributed by atoms with Crippen LogP contribution in [-0.2, 0) is 65.4 Å². The van der Waals surface area contributed by atoms with E-state index in [0.717, 1.165) is 95.8 Å². The lowest BCUT2D eigenvalue weighted by Gasteiger charge is -2.21. The van der Waals surface area contributed by atoms with Crippen LogP contribution >= 0.6 is 15.6 Å². The van der Waals surface area contributed by atoms with E-state index in [0.29, 0.717) is 25.7 Å². The Morgan fingerprint density at radius 1 is 0.289 bits per heavy atom. The highest BCUT2D eigenvalue weighted by Crippen LogP contribution is 2.45. The molecule has 0 heterocycles. The molecule has 0 aromatic heterocycles. The van der Waals surface area contributed by atoms with Crippen molar-refractivity contribution in [2.45, 2.75) is 432 Å². The molecule has 0 amide bonds. The second-order valence-electron chi connectivity index (χ2n) is 28.3. The zero-order chi connectivity index (χ0) is 71.2. The van der Waals surface area contributed by atoms with Crippen LogP contribution in [0.1, 0.15) is 413 Å². The maximum atomic E-state index is 13.1. The van der Waals surface area contributed by atoms with Gasteiger partial charge in [0.15, 0.2) is 12.2 Å². The van der Waals surface area contributed by atoms with Gasteiger partial charge in [0.1, 0.15) is 19.3 Å². The number of carbonyl (C=O) groups is 4. The van der Waals surface area contributed by atoms with Crippen molar-refractivity contribution < 1.29 is 80.2 Å². The van der Waals surface area contributed by atoms with Gasteiger partial charge in [0.25, 0.3) is 0 Å². The second kappa shape index (κ2) is 71.1. The van der Waals surface area contributed by atoms with Crippen LogP contribution in [-0.4, -0.2) is 96.7 Å². The summed E-state index contributed by atoms with van der Waals surface area (Å²) in [7, 11) is -9.91. The third kappa shape index (κ3) is 70.9. The van der Waals surface area contributed by atoms with Crippen LogP contribution in [0.15, 0.2) is 0 Å². The average Bonchev–Trinajstić information content (AvgIpc) is 1.44. The molecule has 0 spiro atoms. The third-order valence-corrected chi connectivity index (χ3v) is 20.5. The predicted molar refractivity (Wildman–Crippen MR) is 395 cm³/mol. The standard InChI is InChI=1S/C78H152O17P2/c1-6-10-13-16-19-22-25-28-30-31-32-33-34-36-39-42-48-53-58-63-77(82)94-73(67-88-76(81)62-57-52-47-41-38-35-29-26-23-20-17-14-11-7-2)69-92-96(84,85)90-65-72(79)66-91-97(86,87)93-70-74(95-78(83)64-59-54-49-44-43-45-50-55-60-71(5)9-4)68-89-75(80)61-56-51-46-40-37-27-24-21-18-15-12-8-3/h71-74,79H,6-70H2,1-5H3,(H,84,85)(H,86,87)/t71?,72-,73-,74-/m1/s1. The van der Waals surface area contributed by atoms with Crippen LogP contribution in [0.2, 0.25) is 0 Å². The first kappa shape index (κ1) is 95.1. The summed E-state index contributed by atoms with van der Waals surface area (Å²) >= 11 is 0. The zero-order valence-corrected chi connectivity index (χ0v) is 65.0. The number of hydrogen-bond donors (Lipinski definition) is 3. The summed E-state index contributed by atoms with van der Waals surface area (Å²) in [5.74, 6) is -1.34. The van der Waals surface area contributed by atoms with Gasteiger partial charge < -0.3 is 33.8 Å². The van der Waals surface area contributed by atoms with E-state index in [-0.39, 0.29) is 25.7 Å². The number of unbranched alkanes of at least 4 members (excludes halogenated alkanes) is 49. The molecule has 0 radical (unpaired) electrons. The normalized spacial score (nSPS) is 14.2. The first-order valence-electron chi connectivity index (χ1n) is 40.7. The van der Waals surface area contributed by atoms with E-state index in [1.165, 1.54) is 238 Å². The van der Waals surface area contributed by atoms with E-state index < -0.39 is 97.5 Å². The molecular weight excluding hydrogens is 1270 g/mol. The maximum Gasteiger partial charge on any atom is 0.472 e. The van der Waals surface area contributed by atoms with E-state index in [4.69, 9.17) is 37.0 Å². The summed E-state index contributed by atoms with van der Waals surface area (Å²) in [5.41, 5.74) is 0. The van der Waals surface area contributed by atoms with E-state index in [1.54, 1.807) is 0 Å². The van der Waals surface area contributed by atoms with Gasteiger partial charge in [0.05, 0.1) is 26.4 Å². The summed E-state index contributed by atoms with van der Waals surface area (Å²) < 4.78 is 68.6. The minimum absolute atomic E-state index is 0.106. The lowest BCUT2D eigenvalue weighted by molar-refractivity contribution is -0.161. The first-order chi connectivity index (χ1) is 47.1. The highest BCUT2D eigenvalue weighted by Gasteiger charge is 2.30. The number of ether oxygens (including phenoxy) is 4. The molecule has 0 saturated carbocycles. The molecule has 0 aromatic rings. The van der Waals surface area contributed by atoms with Crippen LogP contribution in [0.3, 0.4) is 0 Å². The van der Waals surface area contributed by atoms with Gasteiger partial charge in [0, 0.05) is 25.7 Å². The van der Waals surface area contributed by atoms with Gasteiger partial charge in [0.2, 0.25) is 0 Å². The van der Waals surface area contributed by atoms with E-state index in [1.807, 2.05) is 0 Å². The Kier molecular flexibility index (Phi) is 69.6. The molecule has 97 heavy (non-hydrogen) atoms. The third-order valence-electron chi connectivity index (χ3n) is 18.6. The highest BCUT2D eigenvalue weighted by atomic mass is 31.2. The molecule has 0 rings (SSSR count). The Balaban J connectivity index is 5.24. The largest absolute Gasteiger partial charge is 0.472 e. The lowest BCUT2D eigenvalue weighted by atomic mass is 9.99. The van der Waals surface area contributed by atoms with Gasteiger partial charge in [-0.05, 0) is 31.6 Å². The molecule has 576 valence electrons. The number of rotatable bonds is 78. The predicted octanol–water partition coefficient (Wildman–Crippen LogP) is 23.3. The molecule has 3 unspecified atom stereocenters. The Morgan fingerprint density at radius 3 is 0.732 bits per heavy atom. The van der Waals surface area contributed by atoms with Crippen molar-refractivity contribution in [2.75, 3.05) is 39.6 Å². The first-order valence-corrected chi connectivity index (χ1v) is 43.7. The minimum atomic E-state index is -4.96. The van der Waals surface area contributed by atoms with Gasteiger partial charge in [-0.25, -0.2) is 9.13 Å². The van der Waals surface area contributed by atoms with Crippen molar-refractivity contribution in [3.05, 3.63) is 0 Å². The second-order valence-corrected chi connectivity index (χ2v) is 31.3. The maximum absolute atomic E-state index is 13.1. The molecule has 0 fully saturated rings. The fourth-order valence-electron chi connectivity index (χ4n) is 12.0. The van der Waals surface area contributed by atoms with Crippen LogP contribution < -0.4 is 0 Å². The van der Waals surface area contributed by atoms with Gasteiger partial charge >= 0.3 is 39.5 Å². The average molecular weight is 1420 g/mol. The molecule has 0 aliphatic carbocycles. The molecule has 17 nitrogen and oxygen atoms in total. The van der Waals surface area contributed by atoms with Gasteiger partial charge in [-0.1, -0.05) is 362 Å². The van der Waals surface area contributed by atoms with Crippen LogP contribution in [0.25, 0.3) is 0 Å². The van der Waals surface area contributed by atoms with Crippen LogP contribution in [0.4, 0.5) is 0 Å². The van der Waals surface area contributed by atoms with Crippen molar-refractivity contribution in [3.63, 3.8) is 0 Å². The monoisotopic (exact) mass is 1420 g/mol. The highest BCUT2D eigenvalue weighted by molar-refractivity contribution is 7.47. The topological polar surface area (TPSA) is 237 Å². The molecule has 0 saturated heterocycles. The molecule has 0 aliphatic rings. The summed E-state index contributed by atoms with van der Waals surface area (Å²) in [5, 5.41) is 10.6. The lowest BCUT2D eigenvalue weighted by Crippen LogP contribution is -2.30. The number of esters is 4. The molecular formula is C78H152O17P2. The number of carbonyl (C=O) groups excluding carboxylic acids is 4. The number of aliphatic hydroxyl groups is 1. The van der Waals surface area contributed by atoms with Gasteiger partial charge in [-0.15, -0.1) is 0 Å². The number of hydrogen-bond acceptors (Lipinski definition) is 15. The van der Waals surface area contributed by atoms with Crippen LogP contribution in [0.5, 0.6) is 0 Å². The molecule has 0 bridgehead atoms. The van der Waals surface area contributed by atoms with E-state index in [2.05, 4.69) is 34.6 Å². The molecule has 0 aromatic carbocycles. The van der Waals surface area contributed by atoms with Gasteiger partial charge in [-0.3, -0.25) is 37.3 Å². The number of phosphoric acid groups is 2. The molecule has 6 atom stereocenters. The molecule has 0 aliphatic heterocycles. The Hall–Kier alpha value is -1.94.